The number of aliphatic hydroxyl groups excluding tert-OH is 1. The molecule has 0 aliphatic heterocycles. The summed E-state index contributed by atoms with van der Waals surface area (Å²) < 4.78 is 0. The number of carbonyl (C=O) groups excluding carboxylic acids is 2. The fourth-order valence-electron chi connectivity index (χ4n) is 1.37. The minimum absolute atomic E-state index is 0.0250. The summed E-state index contributed by atoms with van der Waals surface area (Å²) in [5.41, 5.74) is 0.491. The van der Waals surface area contributed by atoms with E-state index in [1.54, 1.807) is 11.4 Å². The summed E-state index contributed by atoms with van der Waals surface area (Å²) in [5.74, 6) is 5.55. The first-order valence-corrected chi connectivity index (χ1v) is 7.64. The first-order valence-electron chi connectivity index (χ1n) is 6.76. The molecule has 114 valence electrons. The van der Waals surface area contributed by atoms with Crippen molar-refractivity contribution in [3.05, 3.63) is 21.9 Å². The van der Waals surface area contributed by atoms with E-state index in [9.17, 15) is 9.59 Å². The molecule has 0 radical (unpaired) electrons. The highest BCUT2D eigenvalue weighted by molar-refractivity contribution is 7.10. The predicted octanol–water partition coefficient (Wildman–Crippen LogP) is 0.984. The highest BCUT2D eigenvalue weighted by atomic mass is 32.1. The van der Waals surface area contributed by atoms with E-state index < -0.39 is 0 Å². The number of carbonyl (C=O) groups is 2. The smallest absolute Gasteiger partial charge is 0.252 e. The van der Waals surface area contributed by atoms with Gasteiger partial charge in [0.1, 0.15) is 0 Å². The topological polar surface area (TPSA) is 78.4 Å². The standard InChI is InChI=1S/C15H20N2O3S/c1-11(2)8-16-14(19)9-17-15(20)12-7-13(21-10-12)5-3-4-6-18/h7,10-11,18H,4,6,8-9H2,1-2H3,(H,16,19)(H,17,20). The summed E-state index contributed by atoms with van der Waals surface area (Å²) in [4.78, 5) is 24.1. The lowest BCUT2D eigenvalue weighted by Gasteiger charge is -2.08. The maximum absolute atomic E-state index is 11.9. The highest BCUT2D eigenvalue weighted by Crippen LogP contribution is 2.13. The number of amides is 2. The second-order valence-corrected chi connectivity index (χ2v) is 5.77. The molecule has 0 fully saturated rings. The summed E-state index contributed by atoms with van der Waals surface area (Å²) in [6, 6.07) is 1.68. The van der Waals surface area contributed by atoms with E-state index in [0.29, 0.717) is 24.4 Å². The van der Waals surface area contributed by atoms with Crippen LogP contribution in [-0.2, 0) is 4.79 Å². The highest BCUT2D eigenvalue weighted by Gasteiger charge is 2.09. The first kappa shape index (κ1) is 17.2. The van der Waals surface area contributed by atoms with E-state index in [2.05, 4.69) is 22.5 Å². The quantitative estimate of drug-likeness (QED) is 0.686. The van der Waals surface area contributed by atoms with Gasteiger partial charge >= 0.3 is 0 Å². The van der Waals surface area contributed by atoms with Gasteiger partial charge in [-0.05, 0) is 12.0 Å². The maximum atomic E-state index is 11.9. The van der Waals surface area contributed by atoms with E-state index in [-0.39, 0.29) is 25.0 Å². The monoisotopic (exact) mass is 308 g/mol. The summed E-state index contributed by atoms with van der Waals surface area (Å²) >= 11 is 1.36. The van der Waals surface area contributed by atoms with Crippen molar-refractivity contribution < 1.29 is 14.7 Å². The van der Waals surface area contributed by atoms with Gasteiger partial charge < -0.3 is 15.7 Å². The largest absolute Gasteiger partial charge is 0.395 e. The van der Waals surface area contributed by atoms with Gasteiger partial charge in [-0.1, -0.05) is 25.7 Å². The van der Waals surface area contributed by atoms with Crippen molar-refractivity contribution in [3.63, 3.8) is 0 Å². The summed E-state index contributed by atoms with van der Waals surface area (Å²) in [5, 5.41) is 15.6. The van der Waals surface area contributed by atoms with Crippen molar-refractivity contribution >= 4 is 23.2 Å². The molecule has 0 unspecified atom stereocenters. The van der Waals surface area contributed by atoms with Crippen molar-refractivity contribution in [2.75, 3.05) is 19.7 Å². The van der Waals surface area contributed by atoms with E-state index in [1.807, 2.05) is 13.8 Å². The lowest BCUT2D eigenvalue weighted by atomic mass is 10.2. The van der Waals surface area contributed by atoms with Gasteiger partial charge in [-0.3, -0.25) is 9.59 Å². The van der Waals surface area contributed by atoms with Crippen LogP contribution < -0.4 is 10.6 Å². The number of hydrogen-bond donors (Lipinski definition) is 3. The van der Waals surface area contributed by atoms with Crippen LogP contribution in [0.5, 0.6) is 0 Å². The molecule has 6 heteroatoms. The molecule has 21 heavy (non-hydrogen) atoms. The molecular weight excluding hydrogens is 288 g/mol. The van der Waals surface area contributed by atoms with Crippen LogP contribution in [0.1, 0.15) is 35.5 Å². The van der Waals surface area contributed by atoms with Crippen molar-refractivity contribution in [1.29, 1.82) is 0 Å². The third-order valence-corrected chi connectivity index (χ3v) is 3.27. The molecule has 1 aromatic rings. The Morgan fingerprint density at radius 1 is 1.38 bits per heavy atom. The Kier molecular flexibility index (Phi) is 7.51. The van der Waals surface area contributed by atoms with Gasteiger partial charge in [0.25, 0.3) is 5.91 Å². The summed E-state index contributed by atoms with van der Waals surface area (Å²) in [6.07, 6.45) is 0.412. The molecule has 0 saturated carbocycles. The van der Waals surface area contributed by atoms with Crippen LogP contribution in [0.2, 0.25) is 0 Å². The number of rotatable bonds is 6. The van der Waals surface area contributed by atoms with Crippen molar-refractivity contribution in [3.8, 4) is 11.8 Å². The first-order chi connectivity index (χ1) is 10.0. The Hall–Kier alpha value is -1.84. The van der Waals surface area contributed by atoms with Gasteiger partial charge in [0.05, 0.1) is 23.6 Å². The average molecular weight is 308 g/mol. The molecule has 3 N–H and O–H groups in total. The molecule has 0 aliphatic carbocycles. The van der Waals surface area contributed by atoms with Gasteiger partial charge in [-0.2, -0.15) is 0 Å². The second kappa shape index (κ2) is 9.16. The molecule has 0 aromatic carbocycles. The Morgan fingerprint density at radius 3 is 2.81 bits per heavy atom. The maximum Gasteiger partial charge on any atom is 0.252 e. The normalized spacial score (nSPS) is 9.90. The van der Waals surface area contributed by atoms with E-state index in [4.69, 9.17) is 5.11 Å². The molecule has 1 heterocycles. The summed E-state index contributed by atoms with van der Waals surface area (Å²) in [7, 11) is 0. The molecule has 0 atom stereocenters. The van der Waals surface area contributed by atoms with Gasteiger partial charge in [0, 0.05) is 18.3 Å². The Bertz CT molecular complexity index is 541. The van der Waals surface area contributed by atoms with Crippen molar-refractivity contribution in [1.82, 2.24) is 10.6 Å². The van der Waals surface area contributed by atoms with Gasteiger partial charge in [-0.25, -0.2) is 0 Å². The molecule has 0 spiro atoms. The van der Waals surface area contributed by atoms with Crippen LogP contribution in [0, 0.1) is 17.8 Å². The molecule has 5 nitrogen and oxygen atoms in total. The minimum atomic E-state index is -0.291. The molecule has 0 saturated heterocycles. The van der Waals surface area contributed by atoms with Crippen LogP contribution >= 0.6 is 11.3 Å². The number of thiophene rings is 1. The zero-order valence-corrected chi connectivity index (χ0v) is 13.0. The third-order valence-electron chi connectivity index (χ3n) is 2.43. The molecular formula is C15H20N2O3S. The molecule has 0 aliphatic rings. The molecule has 0 bridgehead atoms. The van der Waals surface area contributed by atoms with Crippen LogP contribution in [0.4, 0.5) is 0 Å². The Balaban J connectivity index is 2.42. The number of hydrogen-bond acceptors (Lipinski definition) is 4. The number of aliphatic hydroxyl groups is 1. The average Bonchev–Trinajstić information content (AvgIpc) is 2.91. The van der Waals surface area contributed by atoms with Crippen LogP contribution in [-0.4, -0.2) is 36.6 Å². The minimum Gasteiger partial charge on any atom is -0.395 e. The number of nitrogens with one attached hydrogen (secondary N) is 2. The molecule has 1 aromatic heterocycles. The fourth-order valence-corrected chi connectivity index (χ4v) is 2.12. The van der Waals surface area contributed by atoms with E-state index in [1.165, 1.54) is 11.3 Å². The Labute approximate surface area is 128 Å². The zero-order valence-electron chi connectivity index (χ0n) is 12.2. The molecule has 2 amide bonds. The fraction of sp³-hybridized carbons (Fsp3) is 0.467. The van der Waals surface area contributed by atoms with Crippen LogP contribution in [0.25, 0.3) is 0 Å². The van der Waals surface area contributed by atoms with E-state index in [0.717, 1.165) is 4.88 Å². The zero-order chi connectivity index (χ0) is 15.7. The van der Waals surface area contributed by atoms with Gasteiger partial charge in [-0.15, -0.1) is 11.3 Å². The van der Waals surface area contributed by atoms with Crippen molar-refractivity contribution in [2.45, 2.75) is 20.3 Å². The predicted molar refractivity (Wildman–Crippen MR) is 83.1 cm³/mol. The lowest BCUT2D eigenvalue weighted by Crippen LogP contribution is -2.38. The molecule has 1 rings (SSSR count). The summed E-state index contributed by atoms with van der Waals surface area (Å²) in [6.45, 7) is 4.59. The van der Waals surface area contributed by atoms with Gasteiger partial charge in [0.15, 0.2) is 0 Å². The second-order valence-electron chi connectivity index (χ2n) is 4.86. The Morgan fingerprint density at radius 2 is 2.14 bits per heavy atom. The van der Waals surface area contributed by atoms with Gasteiger partial charge in [0.2, 0.25) is 5.91 Å². The SMILES string of the molecule is CC(C)CNC(=O)CNC(=O)c1csc(C#CCCO)c1. The third kappa shape index (κ3) is 6.93. The van der Waals surface area contributed by atoms with E-state index >= 15 is 0 Å². The van der Waals surface area contributed by atoms with Crippen LogP contribution in [0.3, 0.4) is 0 Å². The lowest BCUT2D eigenvalue weighted by molar-refractivity contribution is -0.120. The van der Waals surface area contributed by atoms with Crippen LogP contribution in [0.15, 0.2) is 11.4 Å². The van der Waals surface area contributed by atoms with Crippen molar-refractivity contribution in [2.24, 2.45) is 5.92 Å².